The van der Waals surface area contributed by atoms with E-state index < -0.39 is 0 Å². The van der Waals surface area contributed by atoms with Gasteiger partial charge in [-0.15, -0.1) is 15.3 Å². The third kappa shape index (κ3) is 5.30. The summed E-state index contributed by atoms with van der Waals surface area (Å²) in [6, 6.07) is 16.2. The normalized spacial score (nSPS) is 18.4. The fraction of sp³-hybridized carbons (Fsp3) is 0.419. The topological polar surface area (TPSA) is 104 Å². The Balaban J connectivity index is 1.03. The number of rotatable bonds is 5. The van der Waals surface area contributed by atoms with Gasteiger partial charge >= 0.3 is 0 Å². The lowest BCUT2D eigenvalue weighted by molar-refractivity contribution is 0.115. The summed E-state index contributed by atoms with van der Waals surface area (Å²) in [6.45, 7) is 5.89. The highest BCUT2D eigenvalue weighted by atomic mass is 19.1. The fourth-order valence-corrected chi connectivity index (χ4v) is 6.58. The summed E-state index contributed by atoms with van der Waals surface area (Å²) in [5.41, 5.74) is 11.8. The van der Waals surface area contributed by atoms with Crippen molar-refractivity contribution in [1.29, 1.82) is 0 Å². The van der Waals surface area contributed by atoms with E-state index in [1.54, 1.807) is 0 Å². The van der Waals surface area contributed by atoms with Gasteiger partial charge in [0.05, 0.1) is 11.4 Å². The van der Waals surface area contributed by atoms with Gasteiger partial charge in [-0.2, -0.15) is 9.67 Å². The maximum Gasteiger partial charge on any atom is 0.248 e. The fourth-order valence-electron chi connectivity index (χ4n) is 6.58. The van der Waals surface area contributed by atoms with Gasteiger partial charge in [-0.05, 0) is 87.6 Å². The molecule has 7 rings (SSSR count). The standard InChI is InChI=1S/C31H37FN10/c1-39-13-11-24(12-14-39)40-15-17-41(18-16-40)27-10-9-23(20-26(27)32)34-31-35-30(33)42(38-31)28-19-22-7-4-6-21-5-2-3-8-25(21)29(22)37-36-28/h2-3,5,8-10,19-20,24H,4,6-7,11-18H2,1H3,(H3,33,34,35,38). The molecule has 2 fully saturated rings. The largest absolute Gasteiger partial charge is 0.368 e. The molecule has 218 valence electrons. The zero-order valence-electron chi connectivity index (χ0n) is 24.0. The molecule has 4 heterocycles. The smallest absolute Gasteiger partial charge is 0.248 e. The lowest BCUT2D eigenvalue weighted by Crippen LogP contribution is -2.53. The Morgan fingerprint density at radius 2 is 1.69 bits per heavy atom. The minimum atomic E-state index is -0.267. The van der Waals surface area contributed by atoms with Crippen molar-refractivity contribution in [1.82, 2.24) is 34.8 Å². The van der Waals surface area contributed by atoms with Crippen LogP contribution in [0, 0.1) is 5.82 Å². The number of likely N-dealkylation sites (tertiary alicyclic amines) is 1. The molecule has 0 unspecified atom stereocenters. The second-order valence-electron chi connectivity index (χ2n) is 11.6. The third-order valence-electron chi connectivity index (χ3n) is 8.94. The zero-order valence-corrected chi connectivity index (χ0v) is 24.0. The van der Waals surface area contributed by atoms with Gasteiger partial charge < -0.3 is 20.9 Å². The monoisotopic (exact) mass is 568 g/mol. The van der Waals surface area contributed by atoms with Gasteiger partial charge in [-0.3, -0.25) is 4.90 Å². The number of hydrogen-bond acceptors (Lipinski definition) is 9. The third-order valence-corrected chi connectivity index (χ3v) is 8.94. The highest BCUT2D eigenvalue weighted by molar-refractivity contribution is 5.68. The predicted molar refractivity (Wildman–Crippen MR) is 163 cm³/mol. The summed E-state index contributed by atoms with van der Waals surface area (Å²) in [5.74, 6) is 0.693. The zero-order chi connectivity index (χ0) is 28.6. The molecule has 0 radical (unpaired) electrons. The number of nitrogen functional groups attached to an aromatic ring is 1. The number of fused-ring (bicyclic) bond motifs is 3. The van der Waals surface area contributed by atoms with E-state index in [9.17, 15) is 0 Å². The van der Waals surface area contributed by atoms with Crippen LogP contribution in [0.2, 0.25) is 0 Å². The summed E-state index contributed by atoms with van der Waals surface area (Å²) in [5, 5.41) is 16.6. The number of aryl methyl sites for hydroxylation is 2. The first-order valence-corrected chi connectivity index (χ1v) is 14.9. The number of halogens is 1. The van der Waals surface area contributed by atoms with Crippen molar-refractivity contribution >= 4 is 23.3 Å². The average Bonchev–Trinajstić information content (AvgIpc) is 3.26. The number of hydrogen-bond donors (Lipinski definition) is 2. The van der Waals surface area contributed by atoms with Crippen molar-refractivity contribution in [2.75, 3.05) is 62.3 Å². The molecule has 10 nitrogen and oxygen atoms in total. The van der Waals surface area contributed by atoms with Crippen molar-refractivity contribution in [3.8, 4) is 17.1 Å². The first-order valence-electron chi connectivity index (χ1n) is 14.9. The number of nitrogens with zero attached hydrogens (tertiary/aromatic N) is 8. The van der Waals surface area contributed by atoms with E-state index in [-0.39, 0.29) is 17.7 Å². The van der Waals surface area contributed by atoms with Crippen LogP contribution >= 0.6 is 0 Å². The lowest BCUT2D eigenvalue weighted by atomic mass is 10.0. The summed E-state index contributed by atoms with van der Waals surface area (Å²) in [7, 11) is 2.19. The lowest BCUT2D eigenvalue weighted by Gasteiger charge is -2.42. The number of piperazine rings is 1. The Kier molecular flexibility index (Phi) is 7.20. The van der Waals surface area contributed by atoms with Crippen LogP contribution in [0.5, 0.6) is 0 Å². The molecule has 2 aromatic heterocycles. The molecule has 0 saturated carbocycles. The van der Waals surface area contributed by atoms with E-state index >= 15 is 4.39 Å². The first-order chi connectivity index (χ1) is 20.5. The molecule has 2 saturated heterocycles. The van der Waals surface area contributed by atoms with Crippen LogP contribution in [-0.4, -0.2) is 87.1 Å². The molecule has 3 N–H and O–H groups in total. The molecule has 2 aliphatic heterocycles. The second-order valence-corrected chi connectivity index (χ2v) is 11.6. The van der Waals surface area contributed by atoms with Gasteiger partial charge in [0, 0.05) is 43.5 Å². The van der Waals surface area contributed by atoms with Gasteiger partial charge in [-0.25, -0.2) is 4.39 Å². The van der Waals surface area contributed by atoms with E-state index in [0.29, 0.717) is 23.2 Å². The van der Waals surface area contributed by atoms with Crippen LogP contribution in [0.1, 0.15) is 30.4 Å². The van der Waals surface area contributed by atoms with Crippen LogP contribution in [-0.2, 0) is 12.8 Å². The van der Waals surface area contributed by atoms with Crippen LogP contribution in [0.4, 0.5) is 27.7 Å². The highest BCUT2D eigenvalue weighted by Crippen LogP contribution is 2.32. The number of piperidine rings is 1. The van der Waals surface area contributed by atoms with E-state index in [2.05, 4.69) is 65.5 Å². The average molecular weight is 569 g/mol. The molecule has 1 aliphatic carbocycles. The Labute approximate surface area is 245 Å². The first kappa shape index (κ1) is 26.8. The SMILES string of the molecule is CN1CCC(N2CCN(c3ccc(Nc4nc(N)n(-c5cc6c(nn5)-c5ccccc5CCC6)n4)cc3F)CC2)CC1. The van der Waals surface area contributed by atoms with Gasteiger partial charge in [0.25, 0.3) is 0 Å². The molecule has 0 atom stereocenters. The van der Waals surface area contributed by atoms with Crippen LogP contribution in [0.15, 0.2) is 48.5 Å². The minimum Gasteiger partial charge on any atom is -0.368 e. The second kappa shape index (κ2) is 11.3. The van der Waals surface area contributed by atoms with Crippen molar-refractivity contribution in [2.45, 2.75) is 38.1 Å². The Hall–Kier alpha value is -4.09. The van der Waals surface area contributed by atoms with Crippen LogP contribution in [0.25, 0.3) is 17.1 Å². The molecule has 42 heavy (non-hydrogen) atoms. The summed E-state index contributed by atoms with van der Waals surface area (Å²) in [6.07, 6.45) is 5.36. The number of aromatic nitrogens is 5. The van der Waals surface area contributed by atoms with Crippen molar-refractivity contribution in [3.05, 3.63) is 65.5 Å². The molecule has 2 aromatic carbocycles. The van der Waals surface area contributed by atoms with Crippen molar-refractivity contribution in [3.63, 3.8) is 0 Å². The van der Waals surface area contributed by atoms with Crippen molar-refractivity contribution in [2.24, 2.45) is 0 Å². The Morgan fingerprint density at radius 3 is 2.50 bits per heavy atom. The maximum atomic E-state index is 15.3. The molecular formula is C31H37FN10. The molecule has 3 aliphatic rings. The number of anilines is 4. The molecule has 4 aromatic rings. The predicted octanol–water partition coefficient (Wildman–Crippen LogP) is 3.89. The number of benzene rings is 2. The highest BCUT2D eigenvalue weighted by Gasteiger charge is 2.27. The van der Waals surface area contributed by atoms with Gasteiger partial charge in [0.15, 0.2) is 5.82 Å². The van der Waals surface area contributed by atoms with E-state index in [1.807, 2.05) is 24.3 Å². The van der Waals surface area contributed by atoms with Gasteiger partial charge in [0.1, 0.15) is 5.82 Å². The number of nitrogens with one attached hydrogen (secondary N) is 1. The molecule has 0 spiro atoms. The van der Waals surface area contributed by atoms with Crippen LogP contribution in [0.3, 0.4) is 0 Å². The molecule has 11 heteroatoms. The quantitative estimate of drug-likeness (QED) is 0.371. The number of nitrogens with two attached hydrogens (primary N) is 1. The summed E-state index contributed by atoms with van der Waals surface area (Å²) >= 11 is 0. The molecule has 0 bridgehead atoms. The molecular weight excluding hydrogens is 531 g/mol. The van der Waals surface area contributed by atoms with Gasteiger partial charge in [0.2, 0.25) is 11.9 Å². The summed E-state index contributed by atoms with van der Waals surface area (Å²) in [4.78, 5) is 11.5. The van der Waals surface area contributed by atoms with Crippen LogP contribution < -0.4 is 16.0 Å². The maximum absolute atomic E-state index is 15.3. The van der Waals surface area contributed by atoms with E-state index in [0.717, 1.165) is 75.4 Å². The van der Waals surface area contributed by atoms with E-state index in [1.165, 1.54) is 29.2 Å². The van der Waals surface area contributed by atoms with E-state index in [4.69, 9.17) is 5.73 Å². The Morgan fingerprint density at radius 1 is 0.905 bits per heavy atom. The summed E-state index contributed by atoms with van der Waals surface area (Å²) < 4.78 is 16.8. The van der Waals surface area contributed by atoms with Crippen molar-refractivity contribution < 1.29 is 4.39 Å². The minimum absolute atomic E-state index is 0.181. The van der Waals surface area contributed by atoms with Gasteiger partial charge in [-0.1, -0.05) is 24.3 Å². The Bertz CT molecular complexity index is 1570. The molecule has 0 amide bonds.